The molecule has 1 saturated heterocycles. The Balaban J connectivity index is 1.68. The summed E-state index contributed by atoms with van der Waals surface area (Å²) in [7, 11) is 1.92. The summed E-state index contributed by atoms with van der Waals surface area (Å²) in [4.78, 5) is 14.8. The first kappa shape index (κ1) is 16.7. The maximum absolute atomic E-state index is 13.4. The van der Waals surface area contributed by atoms with E-state index >= 15 is 0 Å². The molecule has 24 heavy (non-hydrogen) atoms. The summed E-state index contributed by atoms with van der Waals surface area (Å²) in [5, 5.41) is 4.24. The fourth-order valence-electron chi connectivity index (χ4n) is 3.51. The van der Waals surface area contributed by atoms with Crippen LogP contribution in [-0.4, -0.2) is 27.1 Å². The van der Waals surface area contributed by atoms with Gasteiger partial charge in [-0.3, -0.25) is 9.48 Å². The number of likely N-dealkylation sites (tertiary alicyclic amines) is 1. The summed E-state index contributed by atoms with van der Waals surface area (Å²) in [6.07, 6.45) is 6.06. The Hall–Kier alpha value is -2.17. The van der Waals surface area contributed by atoms with Gasteiger partial charge < -0.3 is 4.90 Å². The number of piperidine rings is 1. The average Bonchev–Trinajstić information content (AvgIpc) is 3.01. The molecule has 5 heteroatoms. The predicted molar refractivity (Wildman–Crippen MR) is 91.0 cm³/mol. The first-order chi connectivity index (χ1) is 11.6. The van der Waals surface area contributed by atoms with Crippen LogP contribution in [0.4, 0.5) is 4.39 Å². The van der Waals surface area contributed by atoms with Gasteiger partial charge in [-0.2, -0.15) is 5.10 Å². The third-order valence-electron chi connectivity index (χ3n) is 4.87. The van der Waals surface area contributed by atoms with E-state index in [-0.39, 0.29) is 17.8 Å². The molecule has 1 unspecified atom stereocenters. The molecule has 0 saturated carbocycles. The van der Waals surface area contributed by atoms with E-state index in [9.17, 15) is 9.18 Å². The Bertz CT molecular complexity index is 725. The highest BCUT2D eigenvalue weighted by atomic mass is 19.1. The fraction of sp³-hybridized carbons (Fsp3) is 0.474. The highest BCUT2D eigenvalue weighted by molar-refractivity contribution is 5.77. The van der Waals surface area contributed by atoms with Crippen molar-refractivity contribution in [3.8, 4) is 0 Å². The Labute approximate surface area is 142 Å². The Kier molecular flexibility index (Phi) is 4.97. The van der Waals surface area contributed by atoms with E-state index in [1.54, 1.807) is 19.2 Å². The molecule has 1 aliphatic heterocycles. The van der Waals surface area contributed by atoms with Crippen molar-refractivity contribution in [3.63, 3.8) is 0 Å². The van der Waals surface area contributed by atoms with Gasteiger partial charge in [-0.25, -0.2) is 4.39 Å². The number of halogens is 1. The van der Waals surface area contributed by atoms with Crippen LogP contribution in [0, 0.1) is 12.7 Å². The molecular weight excluding hydrogens is 305 g/mol. The summed E-state index contributed by atoms with van der Waals surface area (Å²) >= 11 is 0. The van der Waals surface area contributed by atoms with Crippen LogP contribution in [-0.2, 0) is 18.3 Å². The summed E-state index contributed by atoms with van der Waals surface area (Å²) in [6, 6.07) is 7.20. The van der Waals surface area contributed by atoms with Gasteiger partial charge in [-0.1, -0.05) is 12.1 Å². The third kappa shape index (κ3) is 3.50. The minimum absolute atomic E-state index is 0.119. The monoisotopic (exact) mass is 329 g/mol. The topological polar surface area (TPSA) is 38.1 Å². The van der Waals surface area contributed by atoms with E-state index in [1.807, 2.05) is 28.8 Å². The summed E-state index contributed by atoms with van der Waals surface area (Å²) in [5.74, 6) is -0.0275. The molecule has 1 aromatic carbocycles. The maximum Gasteiger partial charge on any atom is 0.223 e. The van der Waals surface area contributed by atoms with E-state index in [0.717, 1.165) is 37.1 Å². The lowest BCUT2D eigenvalue weighted by Crippen LogP contribution is -2.39. The summed E-state index contributed by atoms with van der Waals surface area (Å²) in [6.45, 7) is 2.56. The number of benzene rings is 1. The number of amides is 1. The standard InChI is InChI=1S/C19H24FN3O/c1-14-13-15(6-8-16(14)20)7-9-19(24)23-12-4-3-5-18(23)17-10-11-21-22(17)2/h6,8,10-11,13,18H,3-5,7,9,12H2,1-2H3. The third-order valence-corrected chi connectivity index (χ3v) is 4.87. The maximum atomic E-state index is 13.4. The molecule has 0 spiro atoms. The van der Waals surface area contributed by atoms with Gasteiger partial charge in [-0.15, -0.1) is 0 Å². The van der Waals surface area contributed by atoms with E-state index < -0.39 is 0 Å². The molecule has 1 fully saturated rings. The first-order valence-corrected chi connectivity index (χ1v) is 8.58. The fourth-order valence-corrected chi connectivity index (χ4v) is 3.51. The molecule has 1 atom stereocenters. The van der Waals surface area contributed by atoms with E-state index in [0.29, 0.717) is 18.4 Å². The van der Waals surface area contributed by atoms with Gasteiger partial charge in [0.15, 0.2) is 0 Å². The molecule has 4 nitrogen and oxygen atoms in total. The van der Waals surface area contributed by atoms with Crippen molar-refractivity contribution in [1.29, 1.82) is 0 Å². The van der Waals surface area contributed by atoms with Crippen LogP contribution in [0.15, 0.2) is 30.5 Å². The summed E-state index contributed by atoms with van der Waals surface area (Å²) in [5.41, 5.74) is 2.74. The molecule has 128 valence electrons. The number of carbonyl (C=O) groups is 1. The van der Waals surface area contributed by atoms with Gasteiger partial charge in [0.2, 0.25) is 5.91 Å². The van der Waals surface area contributed by atoms with Crippen molar-refractivity contribution in [2.75, 3.05) is 6.54 Å². The zero-order valence-electron chi connectivity index (χ0n) is 14.3. The molecule has 0 aliphatic carbocycles. The lowest BCUT2D eigenvalue weighted by Gasteiger charge is -2.36. The zero-order valence-corrected chi connectivity index (χ0v) is 14.3. The number of nitrogens with zero attached hydrogens (tertiary/aromatic N) is 3. The number of aromatic nitrogens is 2. The minimum atomic E-state index is -0.197. The van der Waals surface area contributed by atoms with E-state index in [4.69, 9.17) is 0 Å². The minimum Gasteiger partial charge on any atom is -0.334 e. The highest BCUT2D eigenvalue weighted by Gasteiger charge is 2.29. The van der Waals surface area contributed by atoms with Gasteiger partial charge in [0, 0.05) is 26.2 Å². The molecule has 1 amide bonds. The van der Waals surface area contributed by atoms with Crippen LogP contribution in [0.2, 0.25) is 0 Å². The predicted octanol–water partition coefficient (Wildman–Crippen LogP) is 3.55. The molecule has 2 heterocycles. The number of carbonyl (C=O) groups excluding carboxylic acids is 1. The molecule has 3 rings (SSSR count). The lowest BCUT2D eigenvalue weighted by molar-refractivity contribution is -0.135. The second-order valence-electron chi connectivity index (χ2n) is 6.56. The molecule has 2 aromatic rings. The highest BCUT2D eigenvalue weighted by Crippen LogP contribution is 2.31. The van der Waals surface area contributed by atoms with Crippen molar-refractivity contribution in [2.24, 2.45) is 7.05 Å². The molecule has 1 aliphatic rings. The van der Waals surface area contributed by atoms with Crippen molar-refractivity contribution in [2.45, 2.75) is 45.1 Å². The van der Waals surface area contributed by atoms with Gasteiger partial charge in [0.05, 0.1) is 11.7 Å². The molecule has 1 aromatic heterocycles. The molecule has 0 bridgehead atoms. The van der Waals surface area contributed by atoms with Crippen molar-refractivity contribution in [3.05, 3.63) is 53.1 Å². The Morgan fingerprint density at radius 2 is 2.17 bits per heavy atom. The summed E-state index contributed by atoms with van der Waals surface area (Å²) < 4.78 is 15.2. The van der Waals surface area contributed by atoms with Crippen molar-refractivity contribution >= 4 is 5.91 Å². The van der Waals surface area contributed by atoms with Crippen molar-refractivity contribution in [1.82, 2.24) is 14.7 Å². The lowest BCUT2D eigenvalue weighted by atomic mass is 9.98. The zero-order chi connectivity index (χ0) is 17.1. The van der Waals surface area contributed by atoms with Crippen LogP contribution in [0.5, 0.6) is 0 Å². The van der Waals surface area contributed by atoms with Gasteiger partial charge in [0.1, 0.15) is 5.82 Å². The van der Waals surface area contributed by atoms with Crippen LogP contribution in [0.25, 0.3) is 0 Å². The molecule has 0 N–H and O–H groups in total. The van der Waals surface area contributed by atoms with Gasteiger partial charge in [-0.05, 0) is 55.9 Å². The second-order valence-corrected chi connectivity index (χ2v) is 6.56. The smallest absolute Gasteiger partial charge is 0.223 e. The largest absolute Gasteiger partial charge is 0.334 e. The molecular formula is C19H24FN3O. The molecule has 0 radical (unpaired) electrons. The number of aryl methyl sites for hydroxylation is 3. The van der Waals surface area contributed by atoms with Gasteiger partial charge in [0.25, 0.3) is 0 Å². The SMILES string of the molecule is Cc1cc(CCC(=O)N2CCCCC2c2ccnn2C)ccc1F. The number of hydrogen-bond donors (Lipinski definition) is 0. The van der Waals surface area contributed by atoms with Crippen LogP contribution in [0.3, 0.4) is 0 Å². The number of hydrogen-bond acceptors (Lipinski definition) is 2. The number of rotatable bonds is 4. The van der Waals surface area contributed by atoms with Crippen LogP contribution >= 0.6 is 0 Å². The van der Waals surface area contributed by atoms with Crippen LogP contribution in [0.1, 0.15) is 48.5 Å². The normalized spacial score (nSPS) is 18.0. The van der Waals surface area contributed by atoms with Gasteiger partial charge >= 0.3 is 0 Å². The second kappa shape index (κ2) is 7.16. The average molecular weight is 329 g/mol. The first-order valence-electron chi connectivity index (χ1n) is 8.58. The van der Waals surface area contributed by atoms with Crippen LogP contribution < -0.4 is 0 Å². The van der Waals surface area contributed by atoms with E-state index in [1.165, 1.54) is 6.07 Å². The van der Waals surface area contributed by atoms with Crippen molar-refractivity contribution < 1.29 is 9.18 Å². The quantitative estimate of drug-likeness (QED) is 0.860. The van der Waals surface area contributed by atoms with E-state index in [2.05, 4.69) is 5.10 Å². The Morgan fingerprint density at radius 1 is 1.33 bits per heavy atom. The Morgan fingerprint density at radius 3 is 2.88 bits per heavy atom.